The first kappa shape index (κ1) is 26.5. The van der Waals surface area contributed by atoms with Crippen LogP contribution in [0.2, 0.25) is 0 Å². The molecule has 2 aliphatic heterocycles. The van der Waals surface area contributed by atoms with E-state index in [1.54, 1.807) is 12.4 Å². The Morgan fingerprint density at radius 1 is 1.00 bits per heavy atom. The van der Waals surface area contributed by atoms with Gasteiger partial charge in [-0.2, -0.15) is 4.47 Å². The van der Waals surface area contributed by atoms with Crippen molar-refractivity contribution in [3.63, 3.8) is 0 Å². The first-order valence-electron chi connectivity index (χ1n) is 12.8. The Kier molecular flexibility index (Phi) is 8.82. The fourth-order valence-electron chi connectivity index (χ4n) is 4.58. The van der Waals surface area contributed by atoms with E-state index < -0.39 is 0 Å². The molecule has 0 bridgehead atoms. The molecular weight excluding hydrogens is 502 g/mol. The minimum absolute atomic E-state index is 0.336. The van der Waals surface area contributed by atoms with Gasteiger partial charge in [-0.1, -0.05) is 24.3 Å². The summed E-state index contributed by atoms with van der Waals surface area (Å²) >= 11 is 1.02. The number of anilines is 3. The number of pyridine rings is 2. The third-order valence-electron chi connectivity index (χ3n) is 6.87. The van der Waals surface area contributed by atoms with E-state index in [0.717, 1.165) is 84.9 Å². The van der Waals surface area contributed by atoms with Crippen LogP contribution in [-0.4, -0.2) is 91.6 Å². The van der Waals surface area contributed by atoms with Crippen LogP contribution in [0.5, 0.6) is 5.88 Å². The zero-order valence-electron chi connectivity index (χ0n) is 21.9. The number of morpholine rings is 1. The zero-order chi connectivity index (χ0) is 26.3. The second kappa shape index (κ2) is 12.6. The van der Waals surface area contributed by atoms with Crippen molar-refractivity contribution in [1.29, 1.82) is 0 Å². The van der Waals surface area contributed by atoms with Crippen LogP contribution in [0.25, 0.3) is 11.1 Å². The molecule has 2 aromatic heterocycles. The largest absolute Gasteiger partial charge is 0.479 e. The van der Waals surface area contributed by atoms with E-state index in [4.69, 9.17) is 9.47 Å². The molecular formula is C27H35N7O3S. The number of piperazine rings is 1. The van der Waals surface area contributed by atoms with Gasteiger partial charge in [0, 0.05) is 57.6 Å². The summed E-state index contributed by atoms with van der Waals surface area (Å²) in [6.45, 7) is 8.32. The maximum atomic E-state index is 10.8. The Hall–Kier alpha value is -3.09. The van der Waals surface area contributed by atoms with Crippen LogP contribution < -0.4 is 18.8 Å². The summed E-state index contributed by atoms with van der Waals surface area (Å²) in [6.07, 6.45) is 5.33. The summed E-state index contributed by atoms with van der Waals surface area (Å²) < 4.78 is 15.0. The van der Waals surface area contributed by atoms with Gasteiger partial charge in [-0.15, -0.1) is 0 Å². The highest BCUT2D eigenvalue weighted by Gasteiger charge is 2.19. The third kappa shape index (κ3) is 6.66. The molecule has 0 saturated carbocycles. The molecule has 11 heteroatoms. The van der Waals surface area contributed by atoms with Crippen LogP contribution in [0.1, 0.15) is 5.56 Å². The zero-order valence-corrected chi connectivity index (χ0v) is 22.7. The van der Waals surface area contributed by atoms with E-state index in [1.165, 1.54) is 12.7 Å². The van der Waals surface area contributed by atoms with E-state index in [9.17, 15) is 5.21 Å². The molecule has 2 N–H and O–H groups in total. The number of benzene rings is 1. The highest BCUT2D eigenvalue weighted by molar-refractivity contribution is 8.01. The standard InChI is InChI=1S/C27H35N7O3S/c1-31-7-9-32(10-8-31)20-21-3-5-22(6-4-21)23-15-24(18-28-17-23)30-38-34(35)26-16-25(19-29-27(26)36-2)33-11-13-37-14-12-33/h3-6,15-19,30,35H,7-14,20H2,1-2H3. The van der Waals surface area contributed by atoms with Crippen molar-refractivity contribution < 1.29 is 14.7 Å². The van der Waals surface area contributed by atoms with E-state index >= 15 is 0 Å². The van der Waals surface area contributed by atoms with Gasteiger partial charge in [-0.25, -0.2) is 4.98 Å². The number of hydrogen-bond acceptors (Lipinski definition) is 11. The number of methoxy groups -OCH3 is 1. The van der Waals surface area contributed by atoms with Gasteiger partial charge >= 0.3 is 0 Å². The molecule has 0 spiro atoms. The SMILES string of the molecule is COc1ncc(N2CCOCC2)cc1N(O)SNc1cncc(-c2ccc(CN3CCN(C)CC3)cc2)c1. The average molecular weight is 538 g/mol. The van der Waals surface area contributed by atoms with Crippen molar-refractivity contribution in [2.75, 3.05) is 80.7 Å². The maximum absolute atomic E-state index is 10.8. The minimum Gasteiger partial charge on any atom is -0.479 e. The molecule has 0 radical (unpaired) electrons. The van der Waals surface area contributed by atoms with Crippen LogP contribution in [-0.2, 0) is 11.3 Å². The average Bonchev–Trinajstić information content (AvgIpc) is 2.98. The second-order valence-corrected chi connectivity index (χ2v) is 10.3. The number of rotatable bonds is 9. The van der Waals surface area contributed by atoms with Gasteiger partial charge in [0.1, 0.15) is 5.69 Å². The molecule has 0 aliphatic carbocycles. The quantitative estimate of drug-likeness (QED) is 0.310. The summed E-state index contributed by atoms with van der Waals surface area (Å²) in [4.78, 5) is 15.8. The molecule has 0 atom stereocenters. The highest BCUT2D eigenvalue weighted by Crippen LogP contribution is 2.34. The number of likely N-dealkylation sites (N-methyl/N-ethyl adjacent to an activating group) is 1. The fourth-order valence-corrected chi connectivity index (χ4v) is 5.12. The lowest BCUT2D eigenvalue weighted by molar-refractivity contribution is 0.122. The van der Waals surface area contributed by atoms with Crippen molar-refractivity contribution in [1.82, 2.24) is 19.8 Å². The Bertz CT molecular complexity index is 1190. The molecule has 4 heterocycles. The summed E-state index contributed by atoms with van der Waals surface area (Å²) in [5, 5.41) is 10.8. The van der Waals surface area contributed by atoms with Crippen molar-refractivity contribution in [2.45, 2.75) is 6.54 Å². The topological polar surface area (TPSA) is 89.5 Å². The summed E-state index contributed by atoms with van der Waals surface area (Å²) in [5.74, 6) is 0.336. The minimum atomic E-state index is 0.336. The molecule has 202 valence electrons. The maximum Gasteiger partial charge on any atom is 0.241 e. The number of nitrogens with zero attached hydrogens (tertiary/aromatic N) is 6. The number of hydrogen-bond donors (Lipinski definition) is 2. The Morgan fingerprint density at radius 2 is 1.76 bits per heavy atom. The molecule has 2 fully saturated rings. The second-order valence-electron chi connectivity index (χ2n) is 9.53. The molecule has 3 aromatic rings. The van der Waals surface area contributed by atoms with Crippen molar-refractivity contribution in [2.24, 2.45) is 0 Å². The van der Waals surface area contributed by atoms with Gasteiger partial charge in [0.05, 0.1) is 56.2 Å². The summed E-state index contributed by atoms with van der Waals surface area (Å²) in [5.41, 5.74) is 5.54. The predicted octanol–water partition coefficient (Wildman–Crippen LogP) is 3.61. The van der Waals surface area contributed by atoms with Crippen molar-refractivity contribution in [3.05, 3.63) is 60.6 Å². The van der Waals surface area contributed by atoms with Gasteiger partial charge in [0.15, 0.2) is 0 Å². The van der Waals surface area contributed by atoms with E-state index in [2.05, 4.69) is 60.7 Å². The lowest BCUT2D eigenvalue weighted by Crippen LogP contribution is -2.43. The summed E-state index contributed by atoms with van der Waals surface area (Å²) in [7, 11) is 3.72. The molecule has 1 aromatic carbocycles. The summed E-state index contributed by atoms with van der Waals surface area (Å²) in [6, 6.07) is 12.6. The molecule has 5 rings (SSSR count). The monoisotopic (exact) mass is 537 g/mol. The number of ether oxygens (including phenoxy) is 2. The van der Waals surface area contributed by atoms with Gasteiger partial charge in [0.2, 0.25) is 5.88 Å². The van der Waals surface area contributed by atoms with E-state index in [0.29, 0.717) is 24.8 Å². The van der Waals surface area contributed by atoms with Gasteiger partial charge in [-0.05, 0) is 30.3 Å². The van der Waals surface area contributed by atoms with Gasteiger partial charge in [-0.3, -0.25) is 15.1 Å². The molecule has 2 saturated heterocycles. The molecule has 2 aliphatic rings. The van der Waals surface area contributed by atoms with Crippen LogP contribution in [0.15, 0.2) is 55.0 Å². The Labute approximate surface area is 228 Å². The normalized spacial score (nSPS) is 16.9. The van der Waals surface area contributed by atoms with Crippen LogP contribution >= 0.6 is 12.1 Å². The Balaban J connectivity index is 1.21. The van der Waals surface area contributed by atoms with Crippen LogP contribution in [0.3, 0.4) is 0 Å². The molecule has 0 amide bonds. The van der Waals surface area contributed by atoms with Crippen LogP contribution in [0, 0.1) is 0 Å². The number of aromatic nitrogens is 2. The van der Waals surface area contributed by atoms with Gasteiger partial charge in [0.25, 0.3) is 0 Å². The first-order chi connectivity index (χ1) is 18.6. The van der Waals surface area contributed by atoms with Crippen molar-refractivity contribution >= 4 is 29.2 Å². The fraction of sp³-hybridized carbons (Fsp3) is 0.407. The highest BCUT2D eigenvalue weighted by atomic mass is 32.2. The lowest BCUT2D eigenvalue weighted by atomic mass is 10.0. The van der Waals surface area contributed by atoms with Gasteiger partial charge < -0.3 is 24.0 Å². The first-order valence-corrected chi connectivity index (χ1v) is 13.6. The lowest BCUT2D eigenvalue weighted by Gasteiger charge is -2.32. The third-order valence-corrected chi connectivity index (χ3v) is 7.57. The van der Waals surface area contributed by atoms with Crippen LogP contribution in [0.4, 0.5) is 17.1 Å². The molecule has 0 unspecified atom stereocenters. The predicted molar refractivity (Wildman–Crippen MR) is 152 cm³/mol. The molecule has 10 nitrogen and oxygen atoms in total. The Morgan fingerprint density at radius 3 is 2.50 bits per heavy atom. The van der Waals surface area contributed by atoms with E-state index in [-0.39, 0.29) is 0 Å². The smallest absolute Gasteiger partial charge is 0.241 e. The molecule has 38 heavy (non-hydrogen) atoms. The number of nitrogens with one attached hydrogen (secondary N) is 1. The van der Waals surface area contributed by atoms with Crippen molar-refractivity contribution in [3.8, 4) is 17.0 Å². The van der Waals surface area contributed by atoms with E-state index in [1.807, 2.05) is 18.3 Å².